The molecule has 5 rings (SSSR count). The molecular formula is C28H32FN5O6. The van der Waals surface area contributed by atoms with Crippen LogP contribution < -0.4 is 10.6 Å². The molecule has 12 heteroatoms. The van der Waals surface area contributed by atoms with Crippen LogP contribution in [0.2, 0.25) is 0 Å². The SMILES string of the molecule is CNC(=O)NC1=CC=C2C(CC[C@]23CN(CC(=O)N(Cc2ccc(F)cc2)[C@@H]2CCN(C(C)=O)C2)C(=O)O3)C1=O. The number of carbonyl (C=O) groups is 5. The van der Waals surface area contributed by atoms with Crippen molar-refractivity contribution in [3.05, 3.63) is 59.1 Å². The Bertz CT molecular complexity index is 1310. The molecule has 4 aliphatic rings. The van der Waals surface area contributed by atoms with Gasteiger partial charge in [-0.05, 0) is 48.6 Å². The van der Waals surface area contributed by atoms with Crippen LogP contribution in [0.1, 0.15) is 31.7 Å². The lowest BCUT2D eigenvalue weighted by atomic mass is 9.85. The minimum Gasteiger partial charge on any atom is -0.436 e. The maximum Gasteiger partial charge on any atom is 0.411 e. The van der Waals surface area contributed by atoms with Crippen molar-refractivity contribution in [3.63, 3.8) is 0 Å². The molecule has 0 aromatic heterocycles. The number of carbonyl (C=O) groups excluding carboxylic acids is 5. The van der Waals surface area contributed by atoms with Crippen molar-refractivity contribution in [2.75, 3.05) is 33.2 Å². The molecule has 40 heavy (non-hydrogen) atoms. The van der Waals surface area contributed by atoms with Gasteiger partial charge in [-0.25, -0.2) is 14.0 Å². The number of hydrogen-bond acceptors (Lipinski definition) is 6. The fourth-order valence-corrected chi connectivity index (χ4v) is 6.05. The van der Waals surface area contributed by atoms with E-state index in [0.717, 1.165) is 5.56 Å². The first-order valence-corrected chi connectivity index (χ1v) is 13.3. The average Bonchev–Trinajstić information content (AvgIpc) is 3.63. The lowest BCUT2D eigenvalue weighted by Gasteiger charge is -2.31. The van der Waals surface area contributed by atoms with E-state index in [4.69, 9.17) is 4.74 Å². The Labute approximate surface area is 231 Å². The first-order valence-electron chi connectivity index (χ1n) is 13.3. The second-order valence-corrected chi connectivity index (χ2v) is 10.6. The molecule has 1 saturated carbocycles. The molecule has 1 aromatic carbocycles. The summed E-state index contributed by atoms with van der Waals surface area (Å²) < 4.78 is 19.3. The number of fused-ring (bicyclic) bond motifs is 2. The van der Waals surface area contributed by atoms with Crippen LogP contribution in [-0.2, 0) is 25.7 Å². The monoisotopic (exact) mass is 553 g/mol. The van der Waals surface area contributed by atoms with Gasteiger partial charge < -0.3 is 25.2 Å². The number of ether oxygens (including phenoxy) is 1. The van der Waals surface area contributed by atoms with Crippen molar-refractivity contribution >= 4 is 29.7 Å². The van der Waals surface area contributed by atoms with Gasteiger partial charge >= 0.3 is 12.1 Å². The Morgan fingerprint density at radius 3 is 2.58 bits per heavy atom. The minimum atomic E-state index is -1.02. The molecule has 11 nitrogen and oxygen atoms in total. The summed E-state index contributed by atoms with van der Waals surface area (Å²) in [7, 11) is 1.45. The van der Waals surface area contributed by atoms with Gasteiger partial charge in [0.1, 0.15) is 12.4 Å². The van der Waals surface area contributed by atoms with Crippen molar-refractivity contribution in [2.24, 2.45) is 5.92 Å². The summed E-state index contributed by atoms with van der Waals surface area (Å²) in [6, 6.07) is 5.13. The molecule has 3 atom stereocenters. The third-order valence-corrected chi connectivity index (χ3v) is 8.17. The molecule has 2 aliphatic carbocycles. The quantitative estimate of drug-likeness (QED) is 0.552. The zero-order valence-electron chi connectivity index (χ0n) is 22.4. The number of Topliss-reactive ketones (excluding diaryl/α,β-unsaturated/α-hetero) is 1. The Balaban J connectivity index is 1.32. The van der Waals surface area contributed by atoms with Crippen LogP contribution >= 0.6 is 0 Å². The Hall–Kier alpha value is -4.22. The van der Waals surface area contributed by atoms with Gasteiger partial charge in [-0.2, -0.15) is 0 Å². The molecule has 1 aromatic rings. The van der Waals surface area contributed by atoms with Crippen molar-refractivity contribution < 1.29 is 33.1 Å². The highest BCUT2D eigenvalue weighted by atomic mass is 19.1. The van der Waals surface area contributed by atoms with Crippen molar-refractivity contribution in [1.29, 1.82) is 0 Å². The van der Waals surface area contributed by atoms with Crippen LogP contribution in [-0.4, -0.2) is 89.3 Å². The molecule has 2 heterocycles. The molecule has 0 bridgehead atoms. The highest BCUT2D eigenvalue weighted by Gasteiger charge is 2.56. The fourth-order valence-electron chi connectivity index (χ4n) is 6.05. The molecule has 3 fully saturated rings. The summed E-state index contributed by atoms with van der Waals surface area (Å²) in [5, 5.41) is 4.94. The van der Waals surface area contributed by atoms with E-state index < -0.39 is 23.6 Å². The van der Waals surface area contributed by atoms with E-state index in [2.05, 4.69) is 10.6 Å². The predicted octanol–water partition coefficient (Wildman–Crippen LogP) is 1.70. The van der Waals surface area contributed by atoms with Gasteiger partial charge in [0.15, 0.2) is 11.4 Å². The van der Waals surface area contributed by atoms with Gasteiger partial charge in [-0.3, -0.25) is 19.3 Å². The van der Waals surface area contributed by atoms with Crippen LogP contribution in [0.3, 0.4) is 0 Å². The van der Waals surface area contributed by atoms with E-state index in [1.807, 2.05) is 0 Å². The van der Waals surface area contributed by atoms with Gasteiger partial charge in [0, 0.05) is 39.5 Å². The summed E-state index contributed by atoms with van der Waals surface area (Å²) >= 11 is 0. The molecule has 2 N–H and O–H groups in total. The normalized spacial score (nSPS) is 25.4. The van der Waals surface area contributed by atoms with E-state index in [-0.39, 0.29) is 54.8 Å². The standard InChI is InChI=1S/C28H32FN5O6/c1-17(35)32-12-10-20(14-32)34(13-18-3-5-19(29)6-4-18)24(36)15-33-16-28(40-27(33)39)11-9-21-22(28)7-8-23(25(21)37)31-26(38)30-2/h3-8,20-21H,9-16H2,1-2H3,(H2,30,31,38)/t20-,21?,28+/m1/s1. The Kier molecular flexibility index (Phi) is 7.35. The van der Waals surface area contributed by atoms with E-state index in [0.29, 0.717) is 37.9 Å². The Morgan fingerprint density at radius 2 is 1.90 bits per heavy atom. The van der Waals surface area contributed by atoms with E-state index in [1.54, 1.807) is 28.0 Å². The van der Waals surface area contributed by atoms with Gasteiger partial charge in [0.25, 0.3) is 0 Å². The number of hydrogen-bond donors (Lipinski definition) is 2. The van der Waals surface area contributed by atoms with Crippen LogP contribution in [0.15, 0.2) is 47.7 Å². The lowest BCUT2D eigenvalue weighted by Crippen LogP contribution is -2.47. The molecule has 1 unspecified atom stereocenters. The second-order valence-electron chi connectivity index (χ2n) is 10.6. The number of benzene rings is 1. The van der Waals surface area contributed by atoms with Gasteiger partial charge in [-0.15, -0.1) is 0 Å². The highest BCUT2D eigenvalue weighted by Crippen LogP contribution is 2.48. The van der Waals surface area contributed by atoms with Crippen LogP contribution in [0.5, 0.6) is 0 Å². The number of nitrogens with one attached hydrogen (secondary N) is 2. The van der Waals surface area contributed by atoms with Crippen molar-refractivity contribution in [3.8, 4) is 0 Å². The zero-order chi connectivity index (χ0) is 28.6. The van der Waals surface area contributed by atoms with Crippen LogP contribution in [0.25, 0.3) is 0 Å². The van der Waals surface area contributed by atoms with Gasteiger partial charge in [-0.1, -0.05) is 18.2 Å². The minimum absolute atomic E-state index is 0.0736. The summed E-state index contributed by atoms with van der Waals surface area (Å²) in [5.74, 6) is -1.53. The molecule has 5 amide bonds. The third-order valence-electron chi connectivity index (χ3n) is 8.17. The fraction of sp³-hybridized carbons (Fsp3) is 0.464. The number of urea groups is 1. The van der Waals surface area contributed by atoms with Crippen LogP contribution in [0, 0.1) is 11.7 Å². The molecule has 2 aliphatic heterocycles. The number of likely N-dealkylation sites (tertiary alicyclic amines) is 1. The van der Waals surface area contributed by atoms with Gasteiger partial charge in [0.2, 0.25) is 11.8 Å². The molecule has 2 saturated heterocycles. The second kappa shape index (κ2) is 10.7. The zero-order valence-corrected chi connectivity index (χ0v) is 22.4. The smallest absolute Gasteiger partial charge is 0.411 e. The van der Waals surface area contributed by atoms with E-state index in [9.17, 15) is 28.4 Å². The largest absolute Gasteiger partial charge is 0.436 e. The number of ketones is 1. The first-order chi connectivity index (χ1) is 19.1. The topological polar surface area (TPSA) is 128 Å². The van der Waals surface area contributed by atoms with Gasteiger partial charge in [0.05, 0.1) is 18.3 Å². The number of halogens is 1. The maximum absolute atomic E-state index is 13.7. The highest BCUT2D eigenvalue weighted by molar-refractivity contribution is 6.03. The number of allylic oxidation sites excluding steroid dienone is 3. The van der Waals surface area contributed by atoms with Crippen LogP contribution in [0.4, 0.5) is 14.0 Å². The molecule has 212 valence electrons. The predicted molar refractivity (Wildman–Crippen MR) is 140 cm³/mol. The number of nitrogens with zero attached hydrogens (tertiary/aromatic N) is 3. The van der Waals surface area contributed by atoms with E-state index in [1.165, 1.54) is 37.1 Å². The number of amides is 5. The average molecular weight is 554 g/mol. The summed E-state index contributed by atoms with van der Waals surface area (Å²) in [4.78, 5) is 68.0. The van der Waals surface area contributed by atoms with E-state index >= 15 is 0 Å². The van der Waals surface area contributed by atoms with Crippen molar-refractivity contribution in [2.45, 2.75) is 44.4 Å². The first kappa shape index (κ1) is 27.4. The summed E-state index contributed by atoms with van der Waals surface area (Å²) in [5.41, 5.74) is 0.551. The van der Waals surface area contributed by atoms with Crippen molar-refractivity contribution in [1.82, 2.24) is 25.3 Å². The summed E-state index contributed by atoms with van der Waals surface area (Å²) in [6.45, 7) is 2.48. The molecule has 0 radical (unpaired) electrons. The number of rotatable bonds is 6. The summed E-state index contributed by atoms with van der Waals surface area (Å²) in [6.07, 6.45) is 4.06. The maximum atomic E-state index is 13.7. The Morgan fingerprint density at radius 1 is 1.15 bits per heavy atom. The third kappa shape index (κ3) is 5.17. The molecular weight excluding hydrogens is 521 g/mol. The molecule has 1 spiro atoms. The lowest BCUT2D eigenvalue weighted by molar-refractivity contribution is -0.135.